The van der Waals surface area contributed by atoms with Gasteiger partial charge in [0.15, 0.2) is 17.4 Å². The number of aromatic nitrogens is 2. The largest absolute Gasteiger partial charge is 0.504 e. The number of carbonyl (C=O) groups is 3. The van der Waals surface area contributed by atoms with Gasteiger partial charge in [-0.15, -0.1) is 10.2 Å². The van der Waals surface area contributed by atoms with Gasteiger partial charge in [0.1, 0.15) is 11.1 Å². The lowest BCUT2D eigenvalue weighted by molar-refractivity contribution is -0.123. The van der Waals surface area contributed by atoms with E-state index in [0.717, 1.165) is 6.07 Å². The quantitative estimate of drug-likeness (QED) is 0.548. The minimum Gasteiger partial charge on any atom is -0.504 e. The zero-order valence-corrected chi connectivity index (χ0v) is 24.9. The van der Waals surface area contributed by atoms with E-state index >= 15 is 0 Å². The van der Waals surface area contributed by atoms with Crippen molar-refractivity contribution in [1.29, 1.82) is 0 Å². The highest BCUT2D eigenvalue weighted by molar-refractivity contribution is 6.06. The van der Waals surface area contributed by atoms with E-state index in [0.29, 0.717) is 44.8 Å². The summed E-state index contributed by atoms with van der Waals surface area (Å²) in [5, 5.41) is 21.4. The minimum absolute atomic E-state index is 0.138. The van der Waals surface area contributed by atoms with Crippen LogP contribution < -0.4 is 10.2 Å². The summed E-state index contributed by atoms with van der Waals surface area (Å²) in [5.41, 5.74) is -1.33. The molecule has 3 aliphatic rings. The Morgan fingerprint density at radius 2 is 1.81 bits per heavy atom. The topological polar surface area (TPSA) is 131 Å². The molecule has 2 aromatic rings. The van der Waals surface area contributed by atoms with Crippen molar-refractivity contribution in [2.24, 2.45) is 0 Å². The zero-order valence-electron chi connectivity index (χ0n) is 24.9. The molecule has 3 aliphatic heterocycles. The van der Waals surface area contributed by atoms with Gasteiger partial charge in [-0.2, -0.15) is 0 Å². The Labute approximate surface area is 244 Å². The molecule has 1 atom stereocenters. The van der Waals surface area contributed by atoms with E-state index in [2.05, 4.69) is 15.5 Å². The van der Waals surface area contributed by atoms with Crippen LogP contribution in [0.2, 0.25) is 0 Å². The molecular formula is C29H38FN7O5. The van der Waals surface area contributed by atoms with Crippen molar-refractivity contribution < 1.29 is 28.6 Å². The summed E-state index contributed by atoms with van der Waals surface area (Å²) in [6.45, 7) is 13.0. The first-order chi connectivity index (χ1) is 19.7. The first kappa shape index (κ1) is 29.3. The third-order valence-corrected chi connectivity index (χ3v) is 8.18. The van der Waals surface area contributed by atoms with Gasteiger partial charge in [0, 0.05) is 38.3 Å². The van der Waals surface area contributed by atoms with E-state index < -0.39 is 34.3 Å². The molecule has 0 spiro atoms. The molecule has 0 saturated carbocycles. The molecule has 1 unspecified atom stereocenters. The molecule has 4 amide bonds. The summed E-state index contributed by atoms with van der Waals surface area (Å²) >= 11 is 0. The van der Waals surface area contributed by atoms with Crippen molar-refractivity contribution in [2.75, 3.05) is 49.5 Å². The number of benzene rings is 1. The minimum atomic E-state index is -1.08. The SMILES string of the molecule is CCC12CN(C(=O)N3CCN(C(=O)OC(C)(C)C)CC3(C)C)CCN1c1cc(-c3cccc(F)c3O)nnc1NC2=O. The van der Waals surface area contributed by atoms with Gasteiger partial charge in [0.2, 0.25) is 0 Å². The van der Waals surface area contributed by atoms with Crippen LogP contribution in [-0.4, -0.2) is 104 Å². The van der Waals surface area contributed by atoms with Crippen molar-refractivity contribution in [3.8, 4) is 17.0 Å². The fourth-order valence-electron chi connectivity index (χ4n) is 6.00. The van der Waals surface area contributed by atoms with Crippen LogP contribution in [0.5, 0.6) is 5.75 Å². The number of piperazine rings is 2. The lowest BCUT2D eigenvalue weighted by Gasteiger charge is -2.54. The second-order valence-corrected chi connectivity index (χ2v) is 12.7. The number of urea groups is 1. The number of phenols is 1. The normalized spacial score (nSPS) is 21.8. The Morgan fingerprint density at radius 3 is 2.48 bits per heavy atom. The second kappa shape index (κ2) is 10.3. The van der Waals surface area contributed by atoms with Crippen molar-refractivity contribution in [3.05, 3.63) is 30.1 Å². The van der Waals surface area contributed by atoms with Crippen LogP contribution in [0, 0.1) is 5.82 Å². The number of nitrogens with zero attached hydrogens (tertiary/aromatic N) is 6. The Hall–Kier alpha value is -4.16. The molecule has 12 nitrogen and oxygen atoms in total. The molecule has 2 fully saturated rings. The van der Waals surface area contributed by atoms with Crippen LogP contribution >= 0.6 is 0 Å². The van der Waals surface area contributed by atoms with Crippen LogP contribution in [0.25, 0.3) is 11.3 Å². The highest BCUT2D eigenvalue weighted by atomic mass is 19.1. The lowest BCUT2D eigenvalue weighted by Crippen LogP contribution is -2.72. The Morgan fingerprint density at radius 1 is 1.10 bits per heavy atom. The van der Waals surface area contributed by atoms with Crippen molar-refractivity contribution in [3.63, 3.8) is 0 Å². The smallest absolute Gasteiger partial charge is 0.410 e. The molecule has 2 saturated heterocycles. The predicted octanol–water partition coefficient (Wildman–Crippen LogP) is 3.66. The van der Waals surface area contributed by atoms with Gasteiger partial charge in [0.05, 0.1) is 23.5 Å². The monoisotopic (exact) mass is 583 g/mol. The number of ether oxygens (including phenoxy) is 1. The van der Waals surface area contributed by atoms with Gasteiger partial charge in [0.25, 0.3) is 5.91 Å². The molecule has 0 aliphatic carbocycles. The van der Waals surface area contributed by atoms with Gasteiger partial charge in [-0.25, -0.2) is 14.0 Å². The van der Waals surface area contributed by atoms with Crippen LogP contribution in [0.1, 0.15) is 48.0 Å². The highest BCUT2D eigenvalue weighted by Gasteiger charge is 2.53. The number of carbonyl (C=O) groups excluding carboxylic acids is 3. The molecular weight excluding hydrogens is 545 g/mol. The molecule has 226 valence electrons. The van der Waals surface area contributed by atoms with Crippen LogP contribution in [-0.2, 0) is 9.53 Å². The number of para-hydroxylation sites is 1. The lowest BCUT2D eigenvalue weighted by atomic mass is 9.86. The van der Waals surface area contributed by atoms with E-state index in [1.165, 1.54) is 6.07 Å². The maximum atomic E-state index is 14.1. The van der Waals surface area contributed by atoms with E-state index in [4.69, 9.17) is 4.74 Å². The number of hydrogen-bond donors (Lipinski definition) is 2. The fourth-order valence-corrected chi connectivity index (χ4v) is 6.00. The number of anilines is 2. The molecule has 0 radical (unpaired) electrons. The molecule has 42 heavy (non-hydrogen) atoms. The van der Waals surface area contributed by atoms with Crippen LogP contribution in [0.3, 0.4) is 0 Å². The van der Waals surface area contributed by atoms with Crippen molar-refractivity contribution in [1.82, 2.24) is 24.9 Å². The fraction of sp³-hybridized carbons (Fsp3) is 0.552. The molecule has 13 heteroatoms. The summed E-state index contributed by atoms with van der Waals surface area (Å²) < 4.78 is 19.6. The summed E-state index contributed by atoms with van der Waals surface area (Å²) in [6.07, 6.45) is -0.00594. The first-order valence-corrected chi connectivity index (χ1v) is 14.2. The number of nitrogens with one attached hydrogen (secondary N) is 1. The second-order valence-electron chi connectivity index (χ2n) is 12.7. The van der Waals surface area contributed by atoms with E-state index in [1.807, 2.05) is 46.4 Å². The number of amides is 4. The van der Waals surface area contributed by atoms with E-state index in [1.54, 1.807) is 26.8 Å². The van der Waals surface area contributed by atoms with Crippen molar-refractivity contribution >= 4 is 29.5 Å². The standard InChI is InChI=1S/C29H38FN7O5/c1-7-29-17-34(25(40)37-14-12-35(16-28(37,5)6)26(41)42-27(2,3)4)11-13-36(29)21-15-20(32-33-23(21)31-24(29)39)18-9-8-10-19(30)22(18)38/h8-10,15,38H,7,11-14,16-17H2,1-6H3,(H,31,33,39). The first-order valence-electron chi connectivity index (χ1n) is 14.2. The predicted molar refractivity (Wildman–Crippen MR) is 154 cm³/mol. The van der Waals surface area contributed by atoms with Crippen molar-refractivity contribution in [2.45, 2.75) is 64.6 Å². The maximum Gasteiger partial charge on any atom is 0.410 e. The number of halogens is 1. The molecule has 2 N–H and O–H groups in total. The zero-order chi connectivity index (χ0) is 30.6. The summed E-state index contributed by atoms with van der Waals surface area (Å²) in [4.78, 5) is 47.3. The third kappa shape index (κ3) is 5.05. The number of fused-ring (bicyclic) bond motifs is 3. The third-order valence-electron chi connectivity index (χ3n) is 8.18. The Bertz CT molecular complexity index is 1430. The van der Waals surface area contributed by atoms with Gasteiger partial charge in [-0.1, -0.05) is 13.0 Å². The molecule has 0 bridgehead atoms. The van der Waals surface area contributed by atoms with E-state index in [9.17, 15) is 23.9 Å². The van der Waals surface area contributed by atoms with Gasteiger partial charge in [-0.3, -0.25) is 4.79 Å². The Balaban J connectivity index is 1.38. The maximum absolute atomic E-state index is 14.1. The average Bonchev–Trinajstić information content (AvgIpc) is 2.92. The number of phenolic OH excluding ortho intramolecular Hbond substituents is 1. The summed E-state index contributed by atoms with van der Waals surface area (Å²) in [5.74, 6) is -1.33. The van der Waals surface area contributed by atoms with E-state index in [-0.39, 0.29) is 35.6 Å². The van der Waals surface area contributed by atoms with Crippen LogP contribution in [0.15, 0.2) is 24.3 Å². The highest BCUT2D eigenvalue weighted by Crippen LogP contribution is 2.42. The van der Waals surface area contributed by atoms with Crippen LogP contribution in [0.4, 0.5) is 25.5 Å². The summed E-state index contributed by atoms with van der Waals surface area (Å²) in [6, 6.07) is 5.65. The summed E-state index contributed by atoms with van der Waals surface area (Å²) in [7, 11) is 0. The van der Waals surface area contributed by atoms with Gasteiger partial charge < -0.3 is 34.8 Å². The number of hydrogen-bond acceptors (Lipinski definition) is 8. The average molecular weight is 584 g/mol. The van der Waals surface area contributed by atoms with Gasteiger partial charge in [-0.05, 0) is 59.2 Å². The van der Waals surface area contributed by atoms with Gasteiger partial charge >= 0.3 is 12.1 Å². The molecule has 1 aromatic carbocycles. The molecule has 4 heterocycles. The number of rotatable bonds is 2. The molecule has 1 aromatic heterocycles. The number of aromatic hydroxyl groups is 1. The molecule has 5 rings (SSSR count). The Kier molecular flexibility index (Phi) is 7.18.